The minimum Gasteiger partial charge on any atom is -0.411 e. The number of carbonyl (C=O) groups is 1. The van der Waals surface area contributed by atoms with E-state index in [2.05, 4.69) is 10.2 Å². The maximum atomic E-state index is 13.2. The number of aryl methyl sites for hydroxylation is 1. The largest absolute Gasteiger partial charge is 0.411 e. The monoisotopic (exact) mass is 393 g/mol. The molecule has 144 valence electrons. The van der Waals surface area contributed by atoms with Gasteiger partial charge in [-0.15, -0.1) is 10.2 Å². The van der Waals surface area contributed by atoms with Gasteiger partial charge in [0.05, 0.1) is 0 Å². The number of nitrogens with zero attached hydrogens (tertiary/aromatic N) is 3. The van der Waals surface area contributed by atoms with E-state index in [4.69, 9.17) is 4.42 Å². The highest BCUT2D eigenvalue weighted by molar-refractivity contribution is 8.00. The highest BCUT2D eigenvalue weighted by Gasteiger charge is 2.29. The molecule has 1 aromatic heterocycles. The molecular weight excluding hydrogens is 370 g/mol. The molecule has 2 heterocycles. The number of carbonyl (C=O) groups excluding carboxylic acids is 1. The van der Waals surface area contributed by atoms with Gasteiger partial charge in [0.25, 0.3) is 5.22 Å². The normalized spacial score (nSPS) is 15.4. The van der Waals surface area contributed by atoms with Gasteiger partial charge in [-0.2, -0.15) is 0 Å². The van der Waals surface area contributed by atoms with Gasteiger partial charge in [-0.1, -0.05) is 48.0 Å². The Bertz CT molecular complexity index is 936. The first-order chi connectivity index (χ1) is 13.7. The number of hydrogen-bond acceptors (Lipinski definition) is 5. The summed E-state index contributed by atoms with van der Waals surface area (Å²) in [5.74, 6) is 0.592. The third-order valence-electron chi connectivity index (χ3n) is 4.88. The second-order valence-electron chi connectivity index (χ2n) is 7.04. The first kappa shape index (κ1) is 18.7. The number of piperidine rings is 1. The summed E-state index contributed by atoms with van der Waals surface area (Å²) in [7, 11) is 0. The predicted octanol–water partition coefficient (Wildman–Crippen LogP) is 4.89. The van der Waals surface area contributed by atoms with Crippen molar-refractivity contribution in [2.75, 3.05) is 13.1 Å². The summed E-state index contributed by atoms with van der Waals surface area (Å²) in [5, 5.41) is 8.40. The number of rotatable bonds is 5. The number of hydrogen-bond donors (Lipinski definition) is 0. The standard InChI is InChI=1S/C22H23N3O2S/c1-16-9-8-12-18(15-16)20-23-24-22(27-20)28-19(17-10-4-2-5-11-17)21(26)25-13-6-3-7-14-25/h2,4-5,8-12,15,19H,3,6-7,13-14H2,1H3/t19-/m1/s1. The van der Waals surface area contributed by atoms with E-state index in [0.717, 1.165) is 42.6 Å². The number of thioether (sulfide) groups is 1. The van der Waals surface area contributed by atoms with Crippen molar-refractivity contribution in [1.29, 1.82) is 0 Å². The fourth-order valence-electron chi connectivity index (χ4n) is 3.42. The van der Waals surface area contributed by atoms with Crippen LogP contribution in [0, 0.1) is 6.92 Å². The maximum absolute atomic E-state index is 13.2. The molecule has 0 aliphatic carbocycles. The van der Waals surface area contributed by atoms with Crippen molar-refractivity contribution in [2.45, 2.75) is 36.7 Å². The molecule has 0 radical (unpaired) electrons. The fraction of sp³-hybridized carbons (Fsp3) is 0.318. The molecule has 0 spiro atoms. The molecule has 0 unspecified atom stereocenters. The average Bonchev–Trinajstić information content (AvgIpc) is 3.22. The van der Waals surface area contributed by atoms with Crippen molar-refractivity contribution in [1.82, 2.24) is 15.1 Å². The molecule has 1 atom stereocenters. The molecule has 4 rings (SSSR count). The Morgan fingerprint density at radius 1 is 1.04 bits per heavy atom. The van der Waals surface area contributed by atoms with E-state index in [0.29, 0.717) is 11.1 Å². The summed E-state index contributed by atoms with van der Waals surface area (Å²) < 4.78 is 5.88. The lowest BCUT2D eigenvalue weighted by Gasteiger charge is -2.29. The van der Waals surface area contributed by atoms with Gasteiger partial charge in [0.2, 0.25) is 11.8 Å². The van der Waals surface area contributed by atoms with Gasteiger partial charge in [0.1, 0.15) is 5.25 Å². The van der Waals surface area contributed by atoms with Gasteiger partial charge in [-0.05, 0) is 55.6 Å². The molecule has 1 aliphatic heterocycles. The number of aromatic nitrogens is 2. The highest BCUT2D eigenvalue weighted by Crippen LogP contribution is 2.37. The zero-order chi connectivity index (χ0) is 19.3. The summed E-state index contributed by atoms with van der Waals surface area (Å²) >= 11 is 1.33. The van der Waals surface area contributed by atoms with Crippen molar-refractivity contribution in [2.24, 2.45) is 0 Å². The summed E-state index contributed by atoms with van der Waals surface area (Å²) in [5.41, 5.74) is 2.98. The highest BCUT2D eigenvalue weighted by atomic mass is 32.2. The van der Waals surface area contributed by atoms with Crippen molar-refractivity contribution in [3.8, 4) is 11.5 Å². The molecule has 6 heteroatoms. The molecule has 0 saturated carbocycles. The van der Waals surface area contributed by atoms with E-state index in [9.17, 15) is 4.79 Å². The molecule has 2 aromatic carbocycles. The molecule has 0 N–H and O–H groups in total. The van der Waals surface area contributed by atoms with Gasteiger partial charge in [0.15, 0.2) is 0 Å². The lowest BCUT2D eigenvalue weighted by Crippen LogP contribution is -2.38. The van der Waals surface area contributed by atoms with E-state index in [1.165, 1.54) is 18.2 Å². The Morgan fingerprint density at radius 3 is 2.57 bits per heavy atom. The molecule has 28 heavy (non-hydrogen) atoms. The zero-order valence-corrected chi connectivity index (χ0v) is 16.7. The number of likely N-dealkylation sites (tertiary alicyclic amines) is 1. The van der Waals surface area contributed by atoms with Gasteiger partial charge >= 0.3 is 0 Å². The van der Waals surface area contributed by atoms with Crippen molar-refractivity contribution in [3.63, 3.8) is 0 Å². The van der Waals surface area contributed by atoms with Crippen LogP contribution >= 0.6 is 11.8 Å². The molecule has 0 bridgehead atoms. The Hall–Kier alpha value is -2.60. The van der Waals surface area contributed by atoms with Crippen LogP contribution in [0.15, 0.2) is 64.2 Å². The summed E-state index contributed by atoms with van der Waals surface area (Å²) in [6, 6.07) is 17.8. The van der Waals surface area contributed by atoms with Crippen LogP contribution < -0.4 is 0 Å². The molecule has 3 aromatic rings. The van der Waals surface area contributed by atoms with Crippen LogP contribution in [0.2, 0.25) is 0 Å². The Morgan fingerprint density at radius 2 is 1.82 bits per heavy atom. The fourth-order valence-corrected chi connectivity index (χ4v) is 4.38. The first-order valence-corrected chi connectivity index (χ1v) is 10.5. The Labute approximate surface area is 169 Å². The van der Waals surface area contributed by atoms with Crippen LogP contribution in [0.1, 0.15) is 35.6 Å². The molecule has 5 nitrogen and oxygen atoms in total. The average molecular weight is 394 g/mol. The maximum Gasteiger partial charge on any atom is 0.277 e. The molecular formula is C22H23N3O2S. The van der Waals surface area contributed by atoms with E-state index in [1.807, 2.05) is 66.4 Å². The summed E-state index contributed by atoms with van der Waals surface area (Å²) in [6.45, 7) is 3.67. The van der Waals surface area contributed by atoms with Crippen LogP contribution in [-0.4, -0.2) is 34.1 Å². The first-order valence-electron chi connectivity index (χ1n) is 9.61. The van der Waals surface area contributed by atoms with Gasteiger partial charge in [-0.25, -0.2) is 0 Å². The van der Waals surface area contributed by atoms with Crippen LogP contribution in [0.5, 0.6) is 0 Å². The van der Waals surface area contributed by atoms with Gasteiger partial charge in [0, 0.05) is 18.7 Å². The van der Waals surface area contributed by atoms with Gasteiger partial charge < -0.3 is 9.32 Å². The number of amides is 1. The molecule has 1 fully saturated rings. The van der Waals surface area contributed by atoms with Crippen molar-refractivity contribution < 1.29 is 9.21 Å². The topological polar surface area (TPSA) is 59.2 Å². The summed E-state index contributed by atoms with van der Waals surface area (Å²) in [4.78, 5) is 15.2. The smallest absolute Gasteiger partial charge is 0.277 e. The van der Waals surface area contributed by atoms with Gasteiger partial charge in [-0.3, -0.25) is 4.79 Å². The molecule has 1 amide bonds. The second-order valence-corrected chi connectivity index (χ2v) is 8.09. The Balaban J connectivity index is 1.58. The SMILES string of the molecule is Cc1cccc(-c2nnc(S[C@@H](C(=O)N3CCCCC3)c3ccccc3)o2)c1. The zero-order valence-electron chi connectivity index (χ0n) is 15.9. The Kier molecular flexibility index (Phi) is 5.76. The number of benzene rings is 2. The van der Waals surface area contributed by atoms with Crippen LogP contribution in [-0.2, 0) is 4.79 Å². The van der Waals surface area contributed by atoms with E-state index < -0.39 is 0 Å². The quantitative estimate of drug-likeness (QED) is 0.578. The van der Waals surface area contributed by atoms with E-state index in [1.54, 1.807) is 0 Å². The minimum absolute atomic E-state index is 0.117. The lowest BCUT2D eigenvalue weighted by molar-refractivity contribution is -0.131. The molecule has 1 aliphatic rings. The lowest BCUT2D eigenvalue weighted by atomic mass is 10.1. The van der Waals surface area contributed by atoms with E-state index in [-0.39, 0.29) is 11.2 Å². The van der Waals surface area contributed by atoms with Crippen LogP contribution in [0.25, 0.3) is 11.5 Å². The minimum atomic E-state index is -0.384. The third kappa shape index (κ3) is 4.28. The second kappa shape index (κ2) is 8.61. The summed E-state index contributed by atoms with van der Waals surface area (Å²) in [6.07, 6.45) is 3.32. The molecule has 1 saturated heterocycles. The predicted molar refractivity (Wildman–Crippen MR) is 110 cm³/mol. The van der Waals surface area contributed by atoms with Crippen molar-refractivity contribution >= 4 is 17.7 Å². The van der Waals surface area contributed by atoms with E-state index >= 15 is 0 Å². The van der Waals surface area contributed by atoms with Crippen molar-refractivity contribution in [3.05, 3.63) is 65.7 Å². The van der Waals surface area contributed by atoms with Crippen LogP contribution in [0.4, 0.5) is 0 Å². The third-order valence-corrected chi connectivity index (χ3v) is 5.96. The van der Waals surface area contributed by atoms with Crippen LogP contribution in [0.3, 0.4) is 0 Å².